The molecule has 0 aromatic heterocycles. The van der Waals surface area contributed by atoms with Gasteiger partial charge >= 0.3 is 0 Å². The standard InChI is InChI=1S/C6H12O2/c1-5(4-7)6(2)8-3/h4-6H,1-3H3/t5-,6+/m1/s1. The van der Waals surface area contributed by atoms with Gasteiger partial charge in [-0.3, -0.25) is 0 Å². The van der Waals surface area contributed by atoms with Gasteiger partial charge in [0.2, 0.25) is 0 Å². The van der Waals surface area contributed by atoms with Crippen molar-refractivity contribution in [1.29, 1.82) is 0 Å². The van der Waals surface area contributed by atoms with Crippen molar-refractivity contribution >= 4 is 6.29 Å². The first-order valence-corrected chi connectivity index (χ1v) is 2.70. The van der Waals surface area contributed by atoms with Gasteiger partial charge in [-0.05, 0) is 6.92 Å². The Hall–Kier alpha value is -0.370. The topological polar surface area (TPSA) is 26.3 Å². The molecule has 8 heavy (non-hydrogen) atoms. The number of carbonyl (C=O) groups excluding carboxylic acids is 1. The van der Waals surface area contributed by atoms with Crippen molar-refractivity contribution in [2.45, 2.75) is 20.0 Å². The lowest BCUT2D eigenvalue weighted by Gasteiger charge is -2.10. The van der Waals surface area contributed by atoms with Crippen molar-refractivity contribution < 1.29 is 9.53 Å². The summed E-state index contributed by atoms with van der Waals surface area (Å²) in [7, 11) is 1.60. The maximum atomic E-state index is 10.0. The number of rotatable bonds is 3. The van der Waals surface area contributed by atoms with E-state index < -0.39 is 0 Å². The lowest BCUT2D eigenvalue weighted by molar-refractivity contribution is -0.113. The Balaban J connectivity index is 3.44. The lowest BCUT2D eigenvalue weighted by atomic mass is 10.1. The van der Waals surface area contributed by atoms with E-state index in [1.54, 1.807) is 7.11 Å². The van der Waals surface area contributed by atoms with Gasteiger partial charge in [0, 0.05) is 13.0 Å². The maximum Gasteiger partial charge on any atom is 0.125 e. The highest BCUT2D eigenvalue weighted by Crippen LogP contribution is 2.00. The summed E-state index contributed by atoms with van der Waals surface area (Å²) < 4.78 is 4.87. The Bertz CT molecular complexity index is 70.9. The van der Waals surface area contributed by atoms with Crippen molar-refractivity contribution in [3.05, 3.63) is 0 Å². The molecule has 0 heterocycles. The van der Waals surface area contributed by atoms with Gasteiger partial charge in [-0.1, -0.05) is 6.92 Å². The summed E-state index contributed by atoms with van der Waals surface area (Å²) in [6, 6.07) is 0. The summed E-state index contributed by atoms with van der Waals surface area (Å²) in [5, 5.41) is 0. The fourth-order valence-corrected chi connectivity index (χ4v) is 0.325. The Morgan fingerprint density at radius 1 is 1.50 bits per heavy atom. The molecule has 2 nitrogen and oxygen atoms in total. The predicted molar refractivity (Wildman–Crippen MR) is 31.7 cm³/mol. The minimum atomic E-state index is 0.0139. The molecule has 0 aliphatic rings. The number of ether oxygens (including phenoxy) is 1. The lowest BCUT2D eigenvalue weighted by Crippen LogP contribution is -2.16. The molecule has 2 heteroatoms. The second-order valence-electron chi connectivity index (χ2n) is 1.94. The third-order valence-electron chi connectivity index (χ3n) is 1.33. The van der Waals surface area contributed by atoms with Gasteiger partial charge in [-0.15, -0.1) is 0 Å². The Kier molecular flexibility index (Phi) is 3.44. The van der Waals surface area contributed by atoms with Gasteiger partial charge < -0.3 is 9.53 Å². The summed E-state index contributed by atoms with van der Waals surface area (Å²) in [4.78, 5) is 10.0. The molecule has 0 unspecified atom stereocenters. The van der Waals surface area contributed by atoms with Crippen LogP contribution in [0, 0.1) is 5.92 Å². The summed E-state index contributed by atoms with van der Waals surface area (Å²) in [6.07, 6.45) is 0.946. The number of methoxy groups -OCH3 is 1. The first-order chi connectivity index (χ1) is 3.72. The molecule has 0 fully saturated rings. The van der Waals surface area contributed by atoms with Crippen LogP contribution in [0.15, 0.2) is 0 Å². The zero-order valence-corrected chi connectivity index (χ0v) is 5.55. The number of hydrogen-bond donors (Lipinski definition) is 0. The molecular formula is C6H12O2. The van der Waals surface area contributed by atoms with Gasteiger partial charge in [0.15, 0.2) is 0 Å². The van der Waals surface area contributed by atoms with E-state index in [-0.39, 0.29) is 12.0 Å². The van der Waals surface area contributed by atoms with Gasteiger partial charge in [-0.25, -0.2) is 0 Å². The highest BCUT2D eigenvalue weighted by molar-refractivity contribution is 5.53. The largest absolute Gasteiger partial charge is 0.381 e. The van der Waals surface area contributed by atoms with Crippen molar-refractivity contribution in [1.82, 2.24) is 0 Å². The van der Waals surface area contributed by atoms with Crippen LogP contribution in [0.25, 0.3) is 0 Å². The minimum absolute atomic E-state index is 0.0139. The number of hydrogen-bond acceptors (Lipinski definition) is 2. The molecule has 0 saturated heterocycles. The van der Waals surface area contributed by atoms with Crippen LogP contribution in [0.1, 0.15) is 13.8 Å². The van der Waals surface area contributed by atoms with E-state index in [4.69, 9.17) is 4.74 Å². The van der Waals surface area contributed by atoms with Gasteiger partial charge in [0.1, 0.15) is 6.29 Å². The highest BCUT2D eigenvalue weighted by Gasteiger charge is 2.07. The summed E-state index contributed by atoms with van der Waals surface area (Å²) in [6.45, 7) is 3.71. The first kappa shape index (κ1) is 7.63. The molecule has 0 aromatic carbocycles. The van der Waals surface area contributed by atoms with Gasteiger partial charge in [0.05, 0.1) is 6.10 Å². The van der Waals surface area contributed by atoms with Crippen LogP contribution in [0.2, 0.25) is 0 Å². The SMILES string of the molecule is CO[C@@H](C)[C@H](C)C=O. The van der Waals surface area contributed by atoms with Crippen molar-refractivity contribution in [3.8, 4) is 0 Å². The van der Waals surface area contributed by atoms with Crippen LogP contribution in [0.3, 0.4) is 0 Å². The summed E-state index contributed by atoms with van der Waals surface area (Å²) in [5.41, 5.74) is 0. The molecule has 0 radical (unpaired) electrons. The van der Waals surface area contributed by atoms with Crippen molar-refractivity contribution in [3.63, 3.8) is 0 Å². The fraction of sp³-hybridized carbons (Fsp3) is 0.833. The van der Waals surface area contributed by atoms with Crippen LogP contribution in [0.5, 0.6) is 0 Å². The average Bonchev–Trinajstić information content (AvgIpc) is 1.84. The molecular weight excluding hydrogens is 104 g/mol. The molecule has 0 aliphatic carbocycles. The maximum absolute atomic E-state index is 10.0. The third-order valence-corrected chi connectivity index (χ3v) is 1.33. The third kappa shape index (κ3) is 2.07. The van der Waals surface area contributed by atoms with Gasteiger partial charge in [-0.2, -0.15) is 0 Å². The quantitative estimate of drug-likeness (QED) is 0.511. The molecule has 0 N–H and O–H groups in total. The van der Waals surface area contributed by atoms with E-state index in [0.29, 0.717) is 0 Å². The average molecular weight is 116 g/mol. The van der Waals surface area contributed by atoms with E-state index in [0.717, 1.165) is 6.29 Å². The zero-order valence-electron chi connectivity index (χ0n) is 5.55. The van der Waals surface area contributed by atoms with Crippen LogP contribution in [-0.2, 0) is 9.53 Å². The molecule has 0 rings (SSSR count). The van der Waals surface area contributed by atoms with E-state index in [2.05, 4.69) is 0 Å². The van der Waals surface area contributed by atoms with E-state index in [1.807, 2.05) is 13.8 Å². The second kappa shape index (κ2) is 3.61. The molecule has 48 valence electrons. The normalized spacial score (nSPS) is 17.4. The van der Waals surface area contributed by atoms with Crippen molar-refractivity contribution in [2.24, 2.45) is 5.92 Å². The van der Waals surface area contributed by atoms with Crippen LogP contribution < -0.4 is 0 Å². The van der Waals surface area contributed by atoms with E-state index in [1.165, 1.54) is 0 Å². The van der Waals surface area contributed by atoms with Crippen LogP contribution in [0.4, 0.5) is 0 Å². The first-order valence-electron chi connectivity index (χ1n) is 2.70. The second-order valence-corrected chi connectivity index (χ2v) is 1.94. The Labute approximate surface area is 49.8 Å². The van der Waals surface area contributed by atoms with Crippen LogP contribution >= 0.6 is 0 Å². The Morgan fingerprint density at radius 3 is 2.12 bits per heavy atom. The molecule has 0 aromatic rings. The van der Waals surface area contributed by atoms with E-state index in [9.17, 15) is 4.79 Å². The van der Waals surface area contributed by atoms with Crippen molar-refractivity contribution in [2.75, 3.05) is 7.11 Å². The van der Waals surface area contributed by atoms with E-state index >= 15 is 0 Å². The van der Waals surface area contributed by atoms with Gasteiger partial charge in [0.25, 0.3) is 0 Å². The summed E-state index contributed by atoms with van der Waals surface area (Å²) >= 11 is 0. The molecule has 0 saturated carbocycles. The Morgan fingerprint density at radius 2 is 2.00 bits per heavy atom. The molecule has 0 spiro atoms. The fourth-order valence-electron chi connectivity index (χ4n) is 0.325. The highest BCUT2D eigenvalue weighted by atomic mass is 16.5. The number of aldehydes is 1. The smallest absolute Gasteiger partial charge is 0.125 e. The zero-order chi connectivity index (χ0) is 6.57. The summed E-state index contributed by atoms with van der Waals surface area (Å²) in [5.74, 6) is 0.0139. The molecule has 2 atom stereocenters. The molecule has 0 amide bonds. The monoisotopic (exact) mass is 116 g/mol. The number of carbonyl (C=O) groups is 1. The molecule has 0 aliphatic heterocycles. The predicted octanol–water partition coefficient (Wildman–Crippen LogP) is 0.856. The minimum Gasteiger partial charge on any atom is -0.381 e. The molecule has 0 bridgehead atoms. The van der Waals surface area contributed by atoms with Crippen LogP contribution in [-0.4, -0.2) is 19.5 Å².